The number of thioether (sulfide) groups is 1. The number of ketones is 1. The number of hydrogen-bond donors (Lipinski definition) is 2. The van der Waals surface area contributed by atoms with Gasteiger partial charge in [-0.25, -0.2) is 4.79 Å². The minimum absolute atomic E-state index is 0.0628. The number of aromatic nitrogens is 5. The van der Waals surface area contributed by atoms with Crippen molar-refractivity contribution in [1.29, 1.82) is 0 Å². The predicted octanol–water partition coefficient (Wildman–Crippen LogP) is 2.59. The summed E-state index contributed by atoms with van der Waals surface area (Å²) in [4.78, 5) is 39.5. The van der Waals surface area contributed by atoms with Crippen LogP contribution in [0.4, 0.5) is 5.82 Å². The number of ether oxygens (including phenoxy) is 1. The molecule has 2 saturated carbocycles. The van der Waals surface area contributed by atoms with Gasteiger partial charge >= 0.3 is 5.69 Å². The molecule has 2 aromatic heterocycles. The number of H-pyrrole nitrogens is 1. The number of aromatic amines is 1. The third-order valence-corrected chi connectivity index (χ3v) is 6.80. The topological polar surface area (TPSA) is 138 Å². The molecule has 0 bridgehead atoms. The Labute approximate surface area is 197 Å². The minimum atomic E-state index is -0.766. The molecule has 0 radical (unpaired) electrons. The molecule has 5 rings (SSSR count). The van der Waals surface area contributed by atoms with Gasteiger partial charge in [0.15, 0.2) is 16.8 Å². The number of anilines is 1. The van der Waals surface area contributed by atoms with Crippen LogP contribution in [0.15, 0.2) is 39.0 Å². The standard InChI is InChI=1S/C21H21ClN6O4S/c22-13-3-1-2-4-15(13)32-9-16-25-26-21(27(16)11-5-6-11)33-10-14(29)17-18(23)28(12-7-8-12)20(31)24-19(17)30/h1-4,11-12H,5-10,23H2,(H,24,30,31). The highest BCUT2D eigenvalue weighted by atomic mass is 35.5. The molecule has 2 aliphatic rings. The van der Waals surface area contributed by atoms with Crippen LogP contribution in [0.5, 0.6) is 5.75 Å². The van der Waals surface area contributed by atoms with E-state index in [1.807, 2.05) is 16.7 Å². The monoisotopic (exact) mass is 488 g/mol. The van der Waals surface area contributed by atoms with E-state index >= 15 is 0 Å². The number of nitrogens with one attached hydrogen (secondary N) is 1. The predicted molar refractivity (Wildman–Crippen MR) is 123 cm³/mol. The molecule has 12 heteroatoms. The third-order valence-electron chi connectivity index (χ3n) is 5.55. The van der Waals surface area contributed by atoms with Crippen molar-refractivity contribution in [2.45, 2.75) is 49.5 Å². The average molecular weight is 489 g/mol. The van der Waals surface area contributed by atoms with Crippen molar-refractivity contribution in [3.05, 3.63) is 61.5 Å². The van der Waals surface area contributed by atoms with E-state index in [9.17, 15) is 14.4 Å². The molecule has 0 spiro atoms. The summed E-state index contributed by atoms with van der Waals surface area (Å²) in [5.41, 5.74) is 4.51. The lowest BCUT2D eigenvalue weighted by atomic mass is 10.2. The highest BCUT2D eigenvalue weighted by Crippen LogP contribution is 2.39. The number of rotatable bonds is 9. The maximum atomic E-state index is 12.9. The zero-order valence-electron chi connectivity index (χ0n) is 17.5. The zero-order valence-corrected chi connectivity index (χ0v) is 19.1. The van der Waals surface area contributed by atoms with Gasteiger partial charge in [-0.1, -0.05) is 35.5 Å². The summed E-state index contributed by atoms with van der Waals surface area (Å²) in [5.74, 6) is 0.579. The van der Waals surface area contributed by atoms with Gasteiger partial charge in [-0.15, -0.1) is 10.2 Å². The van der Waals surface area contributed by atoms with E-state index in [-0.39, 0.29) is 35.8 Å². The Bertz CT molecular complexity index is 1340. The molecule has 2 aliphatic carbocycles. The van der Waals surface area contributed by atoms with Gasteiger partial charge in [0.05, 0.1) is 10.8 Å². The van der Waals surface area contributed by atoms with Crippen LogP contribution in [0.2, 0.25) is 5.02 Å². The number of benzene rings is 1. The molecule has 33 heavy (non-hydrogen) atoms. The molecule has 2 fully saturated rings. The summed E-state index contributed by atoms with van der Waals surface area (Å²) in [6.07, 6.45) is 3.55. The van der Waals surface area contributed by atoms with Crippen LogP contribution < -0.4 is 21.7 Å². The van der Waals surface area contributed by atoms with E-state index in [1.165, 1.54) is 16.3 Å². The lowest BCUT2D eigenvalue weighted by molar-refractivity contribution is 0.102. The number of hydrogen-bond acceptors (Lipinski definition) is 8. The largest absolute Gasteiger partial charge is 0.484 e. The van der Waals surface area contributed by atoms with Crippen molar-refractivity contribution < 1.29 is 9.53 Å². The van der Waals surface area contributed by atoms with Gasteiger partial charge in [-0.3, -0.25) is 23.7 Å². The number of carbonyl (C=O) groups excluding carboxylic acids is 1. The molecule has 0 saturated heterocycles. The average Bonchev–Trinajstić information content (AvgIpc) is 3.71. The van der Waals surface area contributed by atoms with Crippen LogP contribution in [0.3, 0.4) is 0 Å². The van der Waals surface area contributed by atoms with Crippen molar-refractivity contribution >= 4 is 35.0 Å². The summed E-state index contributed by atoms with van der Waals surface area (Å²) in [7, 11) is 0. The minimum Gasteiger partial charge on any atom is -0.484 e. The molecule has 2 heterocycles. The first-order valence-electron chi connectivity index (χ1n) is 10.6. The quantitative estimate of drug-likeness (QED) is 0.346. The second-order valence-corrected chi connectivity index (χ2v) is 9.40. The molecule has 0 amide bonds. The van der Waals surface area contributed by atoms with Crippen molar-refractivity contribution in [3.63, 3.8) is 0 Å². The van der Waals surface area contributed by atoms with E-state index in [2.05, 4.69) is 15.2 Å². The van der Waals surface area contributed by atoms with Crippen molar-refractivity contribution in [2.24, 2.45) is 0 Å². The fourth-order valence-electron chi connectivity index (χ4n) is 3.64. The molecule has 10 nitrogen and oxygen atoms in total. The maximum Gasteiger partial charge on any atom is 0.330 e. The summed E-state index contributed by atoms with van der Waals surface area (Å²) >= 11 is 7.33. The Kier molecular flexibility index (Phi) is 5.75. The van der Waals surface area contributed by atoms with Crippen LogP contribution in [-0.4, -0.2) is 35.9 Å². The van der Waals surface area contributed by atoms with Gasteiger partial charge in [0.25, 0.3) is 5.56 Å². The van der Waals surface area contributed by atoms with Crippen LogP contribution >= 0.6 is 23.4 Å². The number of nitrogens with two attached hydrogens (primary N) is 1. The number of halogens is 1. The van der Waals surface area contributed by atoms with Gasteiger partial charge in [-0.2, -0.15) is 0 Å². The molecule has 0 unspecified atom stereocenters. The fraction of sp³-hybridized carbons (Fsp3) is 0.381. The van der Waals surface area contributed by atoms with Crippen LogP contribution in [0.25, 0.3) is 0 Å². The van der Waals surface area contributed by atoms with Crippen LogP contribution in [-0.2, 0) is 6.61 Å². The zero-order chi connectivity index (χ0) is 23.1. The number of nitrogen functional groups attached to an aromatic ring is 1. The Morgan fingerprint density at radius 2 is 1.85 bits per heavy atom. The Morgan fingerprint density at radius 3 is 2.55 bits per heavy atom. The highest BCUT2D eigenvalue weighted by molar-refractivity contribution is 7.99. The van der Waals surface area contributed by atoms with E-state index in [4.69, 9.17) is 22.1 Å². The third kappa shape index (κ3) is 4.42. The number of para-hydroxylation sites is 1. The summed E-state index contributed by atoms with van der Waals surface area (Å²) in [6, 6.07) is 7.36. The van der Waals surface area contributed by atoms with Crippen molar-refractivity contribution in [3.8, 4) is 5.75 Å². The normalized spacial score (nSPS) is 15.5. The molecular formula is C21H21ClN6O4S. The van der Waals surface area contributed by atoms with Gasteiger partial charge < -0.3 is 10.5 Å². The fourth-order valence-corrected chi connectivity index (χ4v) is 4.73. The number of nitrogens with zero attached hydrogens (tertiary/aromatic N) is 4. The molecule has 172 valence electrons. The van der Waals surface area contributed by atoms with Crippen molar-refractivity contribution in [2.75, 3.05) is 11.5 Å². The second kappa shape index (κ2) is 8.71. The van der Waals surface area contributed by atoms with Crippen LogP contribution in [0.1, 0.15) is 53.9 Å². The molecule has 3 N–H and O–H groups in total. The van der Waals surface area contributed by atoms with E-state index < -0.39 is 17.0 Å². The van der Waals surface area contributed by atoms with Crippen molar-refractivity contribution in [1.82, 2.24) is 24.3 Å². The number of carbonyl (C=O) groups is 1. The second-order valence-electron chi connectivity index (χ2n) is 8.05. The van der Waals surface area contributed by atoms with Crippen LogP contribution in [0, 0.1) is 0 Å². The van der Waals surface area contributed by atoms with Gasteiger partial charge in [0.1, 0.15) is 23.7 Å². The smallest absolute Gasteiger partial charge is 0.330 e. The Hall–Kier alpha value is -3.05. The highest BCUT2D eigenvalue weighted by Gasteiger charge is 2.32. The number of Topliss-reactive ketones (excluding diaryl/α,β-unsaturated/α-hetero) is 1. The van der Waals surface area contributed by atoms with E-state index in [0.717, 1.165) is 25.7 Å². The first kappa shape index (κ1) is 21.8. The SMILES string of the molecule is Nc1c(C(=O)CSc2nnc(COc3ccccc3Cl)n2C2CC2)c(=O)[nH]c(=O)n1C1CC1. The first-order chi connectivity index (χ1) is 15.9. The summed E-state index contributed by atoms with van der Waals surface area (Å²) in [5, 5.41) is 9.54. The first-order valence-corrected chi connectivity index (χ1v) is 11.9. The van der Waals surface area contributed by atoms with E-state index in [1.54, 1.807) is 12.1 Å². The molecule has 0 atom stereocenters. The van der Waals surface area contributed by atoms with Gasteiger partial charge in [0, 0.05) is 12.1 Å². The molecule has 0 aliphatic heterocycles. The Balaban J connectivity index is 1.33. The van der Waals surface area contributed by atoms with E-state index in [0.29, 0.717) is 21.8 Å². The lowest BCUT2D eigenvalue weighted by Gasteiger charge is -2.12. The Morgan fingerprint density at radius 1 is 1.15 bits per heavy atom. The summed E-state index contributed by atoms with van der Waals surface area (Å²) < 4.78 is 9.08. The molecular weight excluding hydrogens is 468 g/mol. The van der Waals surface area contributed by atoms with Gasteiger partial charge in [-0.05, 0) is 37.8 Å². The van der Waals surface area contributed by atoms with Gasteiger partial charge in [0.2, 0.25) is 0 Å². The molecule has 1 aromatic carbocycles. The summed E-state index contributed by atoms with van der Waals surface area (Å²) in [6.45, 7) is 0.181. The molecule has 3 aromatic rings. The lowest BCUT2D eigenvalue weighted by Crippen LogP contribution is -2.36. The maximum absolute atomic E-state index is 12.9.